The Hall–Kier alpha value is -2.65. The van der Waals surface area contributed by atoms with E-state index in [4.69, 9.17) is 16.3 Å². The lowest BCUT2D eigenvalue weighted by Gasteiger charge is -2.26. The molecule has 2 atom stereocenters. The molecule has 1 aromatic carbocycles. The Kier molecular flexibility index (Phi) is 6.90. The molecule has 0 radical (unpaired) electrons. The number of rotatable bonds is 6. The molecular weight excluding hydrogens is 466 g/mol. The Morgan fingerprint density at radius 3 is 2.85 bits per heavy atom. The number of sulfone groups is 1. The lowest BCUT2D eigenvalue weighted by Crippen LogP contribution is -2.34. The Bertz CT molecular complexity index is 1200. The molecule has 1 fully saturated rings. The number of amides is 1. The Balaban J connectivity index is 1.32. The molecule has 1 aliphatic carbocycles. The molecule has 2 unspecified atom stereocenters. The van der Waals surface area contributed by atoms with Crippen LogP contribution in [-0.4, -0.2) is 48.2 Å². The number of nitrogens with zero attached hydrogens (tertiary/aromatic N) is 2. The van der Waals surface area contributed by atoms with E-state index in [0.717, 1.165) is 24.8 Å². The fourth-order valence-corrected chi connectivity index (χ4v) is 6.48. The number of hydrogen-bond acceptors (Lipinski definition) is 6. The molecule has 1 amide bonds. The number of benzene rings is 1. The number of carbonyl (C=O) groups is 2. The van der Waals surface area contributed by atoms with Crippen molar-refractivity contribution in [3.8, 4) is 0 Å². The summed E-state index contributed by atoms with van der Waals surface area (Å²) in [6, 6.07) is 7.63. The summed E-state index contributed by atoms with van der Waals surface area (Å²) in [7, 11) is -3.08. The first-order valence-corrected chi connectivity index (χ1v) is 13.1. The van der Waals surface area contributed by atoms with Crippen molar-refractivity contribution in [2.75, 3.05) is 18.1 Å². The van der Waals surface area contributed by atoms with E-state index in [0.29, 0.717) is 17.7 Å². The maximum Gasteiger partial charge on any atom is 0.331 e. The first kappa shape index (κ1) is 23.5. The molecule has 1 saturated heterocycles. The van der Waals surface area contributed by atoms with E-state index in [2.05, 4.69) is 16.5 Å². The van der Waals surface area contributed by atoms with Crippen molar-refractivity contribution in [3.05, 3.63) is 57.9 Å². The molecule has 8 nitrogen and oxygen atoms in total. The number of aryl methyl sites for hydroxylation is 2. The molecule has 2 aromatic rings. The quantitative estimate of drug-likeness (QED) is 0.491. The van der Waals surface area contributed by atoms with Crippen LogP contribution in [0.5, 0.6) is 0 Å². The van der Waals surface area contributed by atoms with E-state index in [1.807, 2.05) is 18.2 Å². The third-order valence-corrected chi connectivity index (χ3v) is 8.19. The maximum atomic E-state index is 12.3. The van der Waals surface area contributed by atoms with Crippen molar-refractivity contribution in [2.24, 2.45) is 0 Å². The van der Waals surface area contributed by atoms with Gasteiger partial charge in [-0.05, 0) is 49.8 Å². The molecule has 0 bridgehead atoms. The van der Waals surface area contributed by atoms with Gasteiger partial charge in [0.1, 0.15) is 5.15 Å². The van der Waals surface area contributed by atoms with Gasteiger partial charge in [0.2, 0.25) is 0 Å². The number of aromatic nitrogens is 2. The molecule has 2 heterocycles. The van der Waals surface area contributed by atoms with Gasteiger partial charge in [0.05, 0.1) is 29.3 Å². The largest absolute Gasteiger partial charge is 0.452 e. The second kappa shape index (κ2) is 9.69. The van der Waals surface area contributed by atoms with Crippen LogP contribution in [0.4, 0.5) is 0 Å². The van der Waals surface area contributed by atoms with E-state index >= 15 is 0 Å². The van der Waals surface area contributed by atoms with Gasteiger partial charge in [-0.2, -0.15) is 5.10 Å². The van der Waals surface area contributed by atoms with Gasteiger partial charge >= 0.3 is 5.97 Å². The summed E-state index contributed by atoms with van der Waals surface area (Å²) in [6.45, 7) is 1.35. The van der Waals surface area contributed by atoms with Crippen molar-refractivity contribution < 1.29 is 22.7 Å². The minimum absolute atomic E-state index is 0.000381. The minimum atomic E-state index is -3.08. The van der Waals surface area contributed by atoms with Crippen LogP contribution in [-0.2, 0) is 30.6 Å². The van der Waals surface area contributed by atoms with Crippen molar-refractivity contribution in [2.45, 2.75) is 44.7 Å². The average Bonchev–Trinajstić information content (AvgIpc) is 3.29. The molecule has 0 spiro atoms. The number of esters is 1. The Labute approximate surface area is 197 Å². The maximum absolute atomic E-state index is 12.3. The van der Waals surface area contributed by atoms with Crippen LogP contribution in [0.2, 0.25) is 5.15 Å². The van der Waals surface area contributed by atoms with Crippen molar-refractivity contribution >= 4 is 39.4 Å². The average molecular weight is 492 g/mol. The summed E-state index contributed by atoms with van der Waals surface area (Å²) in [4.78, 5) is 24.5. The summed E-state index contributed by atoms with van der Waals surface area (Å²) in [5, 5.41) is 7.56. The van der Waals surface area contributed by atoms with Gasteiger partial charge < -0.3 is 10.1 Å². The molecule has 1 aromatic heterocycles. The van der Waals surface area contributed by atoms with Gasteiger partial charge in [-0.15, -0.1) is 0 Å². The molecule has 1 aliphatic heterocycles. The summed E-state index contributed by atoms with van der Waals surface area (Å²) in [5.74, 6) is -0.929. The fraction of sp³-hybridized carbons (Fsp3) is 0.435. The second-order valence-corrected chi connectivity index (χ2v) is 11.0. The van der Waals surface area contributed by atoms with E-state index in [1.54, 1.807) is 6.92 Å². The number of ether oxygens (including phenoxy) is 1. The summed E-state index contributed by atoms with van der Waals surface area (Å²) in [5.41, 5.74) is 3.43. The van der Waals surface area contributed by atoms with Gasteiger partial charge in [0.15, 0.2) is 16.4 Å². The molecule has 0 saturated carbocycles. The highest BCUT2D eigenvalue weighted by atomic mass is 35.5. The number of hydrogen-bond donors (Lipinski definition) is 1. The lowest BCUT2D eigenvalue weighted by atomic mass is 9.88. The topological polar surface area (TPSA) is 107 Å². The molecule has 10 heteroatoms. The molecular formula is C23H26ClN3O5S. The molecule has 33 heavy (non-hydrogen) atoms. The molecule has 176 valence electrons. The normalized spacial score (nSPS) is 21.6. The molecule has 4 rings (SSSR count). The second-order valence-electron chi connectivity index (χ2n) is 8.44. The monoisotopic (exact) mass is 491 g/mol. The van der Waals surface area contributed by atoms with Crippen LogP contribution in [0.3, 0.4) is 0 Å². The van der Waals surface area contributed by atoms with E-state index in [9.17, 15) is 18.0 Å². The summed E-state index contributed by atoms with van der Waals surface area (Å²) in [6.07, 6.45) is 5.95. The smallest absolute Gasteiger partial charge is 0.331 e. The van der Waals surface area contributed by atoms with Crippen LogP contribution in [0.1, 0.15) is 53.7 Å². The predicted octanol–water partition coefficient (Wildman–Crippen LogP) is 2.95. The van der Waals surface area contributed by atoms with Crippen molar-refractivity contribution in [1.29, 1.82) is 0 Å². The molecule has 1 N–H and O–H groups in total. The SMILES string of the molecule is Cc1nn(C2CCS(=O)(=O)C2)c(Cl)c1/C=C/C(=O)OCC(=O)NC1CCCc2ccccc21. The highest BCUT2D eigenvalue weighted by Crippen LogP contribution is 2.31. The minimum Gasteiger partial charge on any atom is -0.452 e. The fourth-order valence-electron chi connectivity index (χ4n) is 4.41. The van der Waals surface area contributed by atoms with Gasteiger partial charge in [0.25, 0.3) is 5.91 Å². The van der Waals surface area contributed by atoms with Crippen molar-refractivity contribution in [3.63, 3.8) is 0 Å². The highest BCUT2D eigenvalue weighted by molar-refractivity contribution is 7.91. The summed E-state index contributed by atoms with van der Waals surface area (Å²) < 4.78 is 30.1. The number of halogens is 1. The van der Waals surface area contributed by atoms with Crippen LogP contribution < -0.4 is 5.32 Å². The standard InChI is InChI=1S/C23H26ClN3O5S/c1-15-18(23(24)27(26-15)17-11-12-33(30,31)14-17)9-10-22(29)32-13-21(28)25-20-8-4-6-16-5-2-3-7-19(16)20/h2-3,5,7,9-10,17,20H,4,6,8,11-14H2,1H3,(H,25,28)/b10-9+. The Morgan fingerprint density at radius 1 is 1.30 bits per heavy atom. The van der Waals surface area contributed by atoms with Gasteiger partial charge in [-0.1, -0.05) is 35.9 Å². The van der Waals surface area contributed by atoms with Crippen LogP contribution in [0.15, 0.2) is 30.3 Å². The van der Waals surface area contributed by atoms with E-state index in [-0.39, 0.29) is 41.3 Å². The highest BCUT2D eigenvalue weighted by Gasteiger charge is 2.31. The molecule has 2 aliphatic rings. The zero-order chi connectivity index (χ0) is 23.6. The predicted molar refractivity (Wildman–Crippen MR) is 125 cm³/mol. The number of carbonyl (C=O) groups excluding carboxylic acids is 2. The number of nitrogens with one attached hydrogen (secondary N) is 1. The van der Waals surface area contributed by atoms with Crippen molar-refractivity contribution in [1.82, 2.24) is 15.1 Å². The lowest BCUT2D eigenvalue weighted by molar-refractivity contribution is -0.144. The zero-order valence-electron chi connectivity index (χ0n) is 18.3. The number of fused-ring (bicyclic) bond motifs is 1. The first-order chi connectivity index (χ1) is 15.7. The summed E-state index contributed by atoms with van der Waals surface area (Å²) >= 11 is 6.40. The van der Waals surface area contributed by atoms with Crippen LogP contribution >= 0.6 is 11.6 Å². The third kappa shape index (κ3) is 5.47. The van der Waals surface area contributed by atoms with E-state index in [1.165, 1.54) is 22.4 Å². The van der Waals surface area contributed by atoms with E-state index < -0.39 is 15.8 Å². The van der Waals surface area contributed by atoms with Gasteiger partial charge in [0, 0.05) is 11.6 Å². The van der Waals surface area contributed by atoms with Gasteiger partial charge in [-0.3, -0.25) is 4.79 Å². The zero-order valence-corrected chi connectivity index (χ0v) is 19.9. The van der Waals surface area contributed by atoms with Crippen LogP contribution in [0.25, 0.3) is 6.08 Å². The first-order valence-electron chi connectivity index (χ1n) is 10.9. The third-order valence-electron chi connectivity index (χ3n) is 6.06. The Morgan fingerprint density at radius 2 is 2.09 bits per heavy atom. The van der Waals surface area contributed by atoms with Gasteiger partial charge in [-0.25, -0.2) is 17.9 Å². The van der Waals surface area contributed by atoms with Crippen LogP contribution in [0, 0.1) is 6.92 Å².